The maximum absolute atomic E-state index is 5.57. The van der Waals surface area contributed by atoms with Crippen molar-refractivity contribution in [3.8, 4) is 0 Å². The van der Waals surface area contributed by atoms with Gasteiger partial charge in [-0.25, -0.2) is 4.98 Å². The lowest BCUT2D eigenvalue weighted by molar-refractivity contribution is 1.25. The van der Waals surface area contributed by atoms with Gasteiger partial charge in [0, 0.05) is 6.20 Å². The zero-order valence-corrected chi connectivity index (χ0v) is 5.94. The minimum absolute atomic E-state index is 0.505. The van der Waals surface area contributed by atoms with Gasteiger partial charge < -0.3 is 0 Å². The van der Waals surface area contributed by atoms with Gasteiger partial charge in [-0.15, -0.1) is 0 Å². The Kier molecular flexibility index (Phi) is 1.72. The largest absolute Gasteiger partial charge is 0.244 e. The monoisotopic (exact) mass is 140 g/mol. The van der Waals surface area contributed by atoms with Crippen LogP contribution in [0.4, 0.5) is 0 Å². The summed E-state index contributed by atoms with van der Waals surface area (Å²) in [5.41, 5.74) is 2.01. The molecule has 1 aromatic heterocycles. The molecule has 0 unspecified atom stereocenters. The Balaban J connectivity index is 3.17. The number of pyridine rings is 1. The number of hydrogen-bond acceptors (Lipinski definition) is 1. The van der Waals surface area contributed by atoms with Gasteiger partial charge in [0.15, 0.2) is 0 Å². The summed E-state index contributed by atoms with van der Waals surface area (Å²) in [6, 6.07) is 1.75. The van der Waals surface area contributed by atoms with Crippen LogP contribution in [-0.2, 0) is 0 Å². The molecule has 1 aromatic rings. The number of halogens is 1. The molecule has 0 amide bonds. The zero-order chi connectivity index (χ0) is 6.85. The van der Waals surface area contributed by atoms with Crippen LogP contribution >= 0.6 is 11.6 Å². The van der Waals surface area contributed by atoms with E-state index in [1.807, 2.05) is 6.92 Å². The van der Waals surface area contributed by atoms with Crippen LogP contribution in [0, 0.1) is 13.8 Å². The van der Waals surface area contributed by atoms with E-state index < -0.39 is 0 Å². The van der Waals surface area contributed by atoms with Crippen LogP contribution < -0.4 is 0 Å². The van der Waals surface area contributed by atoms with Gasteiger partial charge in [0.25, 0.3) is 0 Å². The van der Waals surface area contributed by atoms with Gasteiger partial charge in [-0.3, -0.25) is 0 Å². The Morgan fingerprint density at radius 3 is 2.78 bits per heavy atom. The van der Waals surface area contributed by atoms with Gasteiger partial charge in [0.1, 0.15) is 5.15 Å². The standard InChI is InChI=1S/C7H7ClN/c1-5-3-7(8)9-4-6(5)2/h3-4H,1H2,2H3. The fraction of sp³-hybridized carbons (Fsp3) is 0.143. The van der Waals surface area contributed by atoms with Gasteiger partial charge >= 0.3 is 0 Å². The number of aryl methyl sites for hydroxylation is 1. The van der Waals surface area contributed by atoms with Gasteiger partial charge in [0.05, 0.1) is 0 Å². The molecule has 0 aromatic carbocycles. The Bertz CT molecular complexity index is 220. The van der Waals surface area contributed by atoms with E-state index in [0.717, 1.165) is 11.1 Å². The lowest BCUT2D eigenvalue weighted by Crippen LogP contribution is -1.82. The summed E-state index contributed by atoms with van der Waals surface area (Å²) in [7, 11) is 0. The second-order valence-electron chi connectivity index (χ2n) is 1.93. The first-order valence-electron chi connectivity index (χ1n) is 2.64. The van der Waals surface area contributed by atoms with Crippen LogP contribution in [0.1, 0.15) is 11.1 Å². The molecular formula is C7H7ClN. The molecule has 1 rings (SSSR count). The molecule has 1 radical (unpaired) electrons. The molecule has 9 heavy (non-hydrogen) atoms. The van der Waals surface area contributed by atoms with Crippen LogP contribution in [0.15, 0.2) is 12.3 Å². The highest BCUT2D eigenvalue weighted by molar-refractivity contribution is 6.29. The lowest BCUT2D eigenvalue weighted by Gasteiger charge is -1.95. The fourth-order valence-corrected chi connectivity index (χ4v) is 0.717. The molecule has 0 aliphatic carbocycles. The average molecular weight is 141 g/mol. The minimum atomic E-state index is 0.505. The van der Waals surface area contributed by atoms with Gasteiger partial charge in [-0.2, -0.15) is 0 Å². The number of aromatic nitrogens is 1. The van der Waals surface area contributed by atoms with E-state index in [0.29, 0.717) is 5.15 Å². The first-order chi connectivity index (χ1) is 4.20. The summed E-state index contributed by atoms with van der Waals surface area (Å²) in [6.45, 7) is 5.71. The van der Waals surface area contributed by atoms with Crippen molar-refractivity contribution in [1.29, 1.82) is 0 Å². The highest BCUT2D eigenvalue weighted by Gasteiger charge is 1.92. The lowest BCUT2D eigenvalue weighted by atomic mass is 10.2. The van der Waals surface area contributed by atoms with E-state index in [-0.39, 0.29) is 0 Å². The summed E-state index contributed by atoms with van der Waals surface area (Å²) in [5, 5.41) is 0.505. The molecule has 0 spiro atoms. The normalized spacial score (nSPS) is 9.67. The number of rotatable bonds is 0. The predicted molar refractivity (Wildman–Crippen MR) is 38.4 cm³/mol. The van der Waals surface area contributed by atoms with Crippen molar-refractivity contribution in [2.24, 2.45) is 0 Å². The van der Waals surface area contributed by atoms with E-state index in [2.05, 4.69) is 11.9 Å². The third kappa shape index (κ3) is 1.42. The summed E-state index contributed by atoms with van der Waals surface area (Å²) < 4.78 is 0. The van der Waals surface area contributed by atoms with Crippen LogP contribution in [0.3, 0.4) is 0 Å². The Morgan fingerprint density at radius 1 is 1.67 bits per heavy atom. The SMILES string of the molecule is [CH2]c1cc(Cl)ncc1C. The second kappa shape index (κ2) is 2.36. The zero-order valence-electron chi connectivity index (χ0n) is 5.19. The Hall–Kier alpha value is -0.560. The topological polar surface area (TPSA) is 12.9 Å². The maximum Gasteiger partial charge on any atom is 0.129 e. The first-order valence-corrected chi connectivity index (χ1v) is 3.02. The molecule has 0 N–H and O–H groups in total. The molecule has 1 nitrogen and oxygen atoms in total. The van der Waals surface area contributed by atoms with E-state index in [1.54, 1.807) is 12.3 Å². The van der Waals surface area contributed by atoms with E-state index in [1.165, 1.54) is 0 Å². The third-order valence-electron chi connectivity index (χ3n) is 1.18. The first kappa shape index (κ1) is 6.56. The molecule has 0 aliphatic heterocycles. The Labute approximate surface area is 59.7 Å². The van der Waals surface area contributed by atoms with E-state index >= 15 is 0 Å². The molecule has 0 bridgehead atoms. The highest BCUT2D eigenvalue weighted by atomic mass is 35.5. The van der Waals surface area contributed by atoms with Gasteiger partial charge in [-0.1, -0.05) is 11.6 Å². The summed E-state index contributed by atoms with van der Waals surface area (Å²) >= 11 is 5.57. The molecule has 47 valence electrons. The van der Waals surface area contributed by atoms with Gasteiger partial charge in [-0.05, 0) is 31.0 Å². The molecule has 0 saturated heterocycles. The molecule has 0 aliphatic rings. The summed E-state index contributed by atoms with van der Waals surface area (Å²) in [5.74, 6) is 0. The molecule has 2 heteroatoms. The van der Waals surface area contributed by atoms with Crippen molar-refractivity contribution in [2.45, 2.75) is 6.92 Å². The second-order valence-corrected chi connectivity index (χ2v) is 2.32. The summed E-state index contributed by atoms with van der Waals surface area (Å²) in [4.78, 5) is 3.86. The average Bonchev–Trinajstić information content (AvgIpc) is 1.80. The number of nitrogens with zero attached hydrogens (tertiary/aromatic N) is 1. The predicted octanol–water partition coefficient (Wildman–Crippen LogP) is 2.23. The molecule has 0 saturated carbocycles. The van der Waals surface area contributed by atoms with Crippen molar-refractivity contribution < 1.29 is 0 Å². The highest BCUT2D eigenvalue weighted by Crippen LogP contribution is 2.09. The van der Waals surface area contributed by atoms with Crippen molar-refractivity contribution in [2.75, 3.05) is 0 Å². The van der Waals surface area contributed by atoms with E-state index in [4.69, 9.17) is 11.6 Å². The molecule has 0 atom stereocenters. The van der Waals surface area contributed by atoms with Crippen molar-refractivity contribution >= 4 is 11.6 Å². The van der Waals surface area contributed by atoms with Crippen LogP contribution in [0.5, 0.6) is 0 Å². The van der Waals surface area contributed by atoms with Crippen molar-refractivity contribution in [1.82, 2.24) is 4.98 Å². The Morgan fingerprint density at radius 2 is 2.33 bits per heavy atom. The molecule has 1 heterocycles. The minimum Gasteiger partial charge on any atom is -0.244 e. The third-order valence-corrected chi connectivity index (χ3v) is 1.39. The smallest absolute Gasteiger partial charge is 0.129 e. The van der Waals surface area contributed by atoms with E-state index in [9.17, 15) is 0 Å². The molecule has 0 fully saturated rings. The number of hydrogen-bond donors (Lipinski definition) is 0. The summed E-state index contributed by atoms with van der Waals surface area (Å²) in [6.07, 6.45) is 1.71. The van der Waals surface area contributed by atoms with Crippen LogP contribution in [-0.4, -0.2) is 4.98 Å². The van der Waals surface area contributed by atoms with Crippen LogP contribution in [0.2, 0.25) is 5.15 Å². The molecular weight excluding hydrogens is 134 g/mol. The van der Waals surface area contributed by atoms with Crippen molar-refractivity contribution in [3.05, 3.63) is 35.5 Å². The van der Waals surface area contributed by atoms with Crippen LogP contribution in [0.25, 0.3) is 0 Å². The quantitative estimate of drug-likeness (QED) is 0.504. The van der Waals surface area contributed by atoms with Gasteiger partial charge in [0.2, 0.25) is 0 Å². The maximum atomic E-state index is 5.57. The van der Waals surface area contributed by atoms with Crippen molar-refractivity contribution in [3.63, 3.8) is 0 Å². The fourth-order valence-electron chi connectivity index (χ4n) is 0.536.